The van der Waals surface area contributed by atoms with Gasteiger partial charge in [0.1, 0.15) is 0 Å². The number of nitrogens with one attached hydrogen (secondary N) is 1. The fourth-order valence-electron chi connectivity index (χ4n) is 2.78. The van der Waals surface area contributed by atoms with Crippen molar-refractivity contribution in [3.05, 3.63) is 34.3 Å². The number of likely N-dealkylation sites (tertiary alicyclic amines) is 1. The van der Waals surface area contributed by atoms with Crippen LogP contribution in [0, 0.1) is 5.92 Å². The summed E-state index contributed by atoms with van der Waals surface area (Å²) in [7, 11) is 2.00. The number of amides is 1. The molecular formula is C16H24BrClN2O. The molecule has 1 heterocycles. The number of nitrogens with zero attached hydrogens (tertiary/aromatic N) is 1. The Morgan fingerprint density at radius 1 is 1.33 bits per heavy atom. The van der Waals surface area contributed by atoms with Gasteiger partial charge >= 0.3 is 0 Å². The van der Waals surface area contributed by atoms with E-state index in [4.69, 9.17) is 0 Å². The Morgan fingerprint density at radius 3 is 2.62 bits per heavy atom. The van der Waals surface area contributed by atoms with E-state index in [9.17, 15) is 4.79 Å². The van der Waals surface area contributed by atoms with Crippen LogP contribution in [0.25, 0.3) is 0 Å². The molecule has 118 valence electrons. The van der Waals surface area contributed by atoms with Gasteiger partial charge in [0, 0.05) is 24.0 Å². The number of rotatable bonds is 5. The molecule has 0 aromatic heterocycles. The normalized spacial score (nSPS) is 15.6. The third kappa shape index (κ3) is 5.61. The van der Waals surface area contributed by atoms with Crippen LogP contribution in [0.15, 0.2) is 28.7 Å². The highest BCUT2D eigenvalue weighted by Gasteiger charge is 2.22. The van der Waals surface area contributed by atoms with Crippen molar-refractivity contribution in [3.63, 3.8) is 0 Å². The minimum absolute atomic E-state index is 0. The van der Waals surface area contributed by atoms with Gasteiger partial charge in [-0.05, 0) is 50.4 Å². The van der Waals surface area contributed by atoms with Crippen LogP contribution in [0.5, 0.6) is 0 Å². The van der Waals surface area contributed by atoms with Gasteiger partial charge in [0.15, 0.2) is 0 Å². The molecule has 1 N–H and O–H groups in total. The first-order valence-corrected chi connectivity index (χ1v) is 8.15. The number of hydrogen-bond donors (Lipinski definition) is 1. The maximum absolute atomic E-state index is 12.2. The van der Waals surface area contributed by atoms with Gasteiger partial charge < -0.3 is 10.2 Å². The third-order valence-electron chi connectivity index (χ3n) is 4.03. The maximum Gasteiger partial charge on any atom is 0.222 e. The van der Waals surface area contributed by atoms with Crippen LogP contribution in [0.1, 0.15) is 24.8 Å². The Morgan fingerprint density at radius 2 is 2.00 bits per heavy atom. The summed E-state index contributed by atoms with van der Waals surface area (Å²) < 4.78 is 1.10. The lowest BCUT2D eigenvalue weighted by Crippen LogP contribution is -2.40. The SMILES string of the molecule is CNCC1CCN(C(=O)CCc2ccccc2Br)CC1.Cl. The summed E-state index contributed by atoms with van der Waals surface area (Å²) in [5, 5.41) is 3.23. The summed E-state index contributed by atoms with van der Waals surface area (Å²) in [6.45, 7) is 2.90. The molecule has 0 unspecified atom stereocenters. The average Bonchev–Trinajstić information content (AvgIpc) is 2.47. The van der Waals surface area contributed by atoms with Crippen LogP contribution in [0.4, 0.5) is 0 Å². The summed E-state index contributed by atoms with van der Waals surface area (Å²) in [5.74, 6) is 1.02. The maximum atomic E-state index is 12.2. The van der Waals surface area contributed by atoms with E-state index in [-0.39, 0.29) is 12.4 Å². The van der Waals surface area contributed by atoms with Crippen LogP contribution >= 0.6 is 28.3 Å². The zero-order chi connectivity index (χ0) is 14.4. The second-order valence-corrected chi connectivity index (χ2v) is 6.33. The third-order valence-corrected chi connectivity index (χ3v) is 4.80. The number of carbonyl (C=O) groups excluding carboxylic acids is 1. The standard InChI is InChI=1S/C16H23BrN2O.ClH/c1-18-12-13-8-10-19(11-9-13)16(20)7-6-14-4-2-3-5-15(14)17;/h2-5,13,18H,6-12H2,1H3;1H. The Kier molecular flexibility index (Phi) is 8.30. The van der Waals surface area contributed by atoms with Crippen LogP contribution in [0.3, 0.4) is 0 Å². The van der Waals surface area contributed by atoms with Gasteiger partial charge in [0.2, 0.25) is 5.91 Å². The highest BCUT2D eigenvalue weighted by molar-refractivity contribution is 9.10. The van der Waals surface area contributed by atoms with Crippen LogP contribution in [0.2, 0.25) is 0 Å². The van der Waals surface area contributed by atoms with E-state index in [2.05, 4.69) is 27.3 Å². The van der Waals surface area contributed by atoms with E-state index in [0.29, 0.717) is 12.3 Å². The highest BCUT2D eigenvalue weighted by Crippen LogP contribution is 2.20. The Hall–Kier alpha value is -0.580. The second-order valence-electron chi connectivity index (χ2n) is 5.47. The molecule has 0 radical (unpaired) electrons. The van der Waals surface area contributed by atoms with E-state index in [1.165, 1.54) is 5.56 Å². The molecule has 0 bridgehead atoms. The quantitative estimate of drug-likeness (QED) is 0.856. The van der Waals surface area contributed by atoms with Crippen molar-refractivity contribution in [1.29, 1.82) is 0 Å². The van der Waals surface area contributed by atoms with E-state index < -0.39 is 0 Å². The van der Waals surface area contributed by atoms with Crippen molar-refractivity contribution in [2.75, 3.05) is 26.7 Å². The molecule has 21 heavy (non-hydrogen) atoms. The molecule has 1 amide bonds. The fourth-order valence-corrected chi connectivity index (χ4v) is 3.26. The number of carbonyl (C=O) groups is 1. The lowest BCUT2D eigenvalue weighted by molar-refractivity contribution is -0.132. The van der Waals surface area contributed by atoms with Crippen molar-refractivity contribution in [2.24, 2.45) is 5.92 Å². The molecule has 1 aliphatic rings. The smallest absolute Gasteiger partial charge is 0.222 e. The molecule has 3 nitrogen and oxygen atoms in total. The van der Waals surface area contributed by atoms with Gasteiger partial charge in [-0.15, -0.1) is 12.4 Å². The lowest BCUT2D eigenvalue weighted by Gasteiger charge is -2.32. The van der Waals surface area contributed by atoms with E-state index in [0.717, 1.165) is 49.3 Å². The highest BCUT2D eigenvalue weighted by atomic mass is 79.9. The van der Waals surface area contributed by atoms with Crippen molar-refractivity contribution in [2.45, 2.75) is 25.7 Å². The molecule has 2 rings (SSSR count). The molecule has 0 saturated carbocycles. The van der Waals surface area contributed by atoms with Crippen molar-refractivity contribution in [1.82, 2.24) is 10.2 Å². The van der Waals surface area contributed by atoms with Crippen molar-refractivity contribution >= 4 is 34.2 Å². The van der Waals surface area contributed by atoms with Crippen molar-refractivity contribution < 1.29 is 4.79 Å². The first-order chi connectivity index (χ1) is 9.70. The number of aryl methyl sites for hydroxylation is 1. The van der Waals surface area contributed by atoms with Gasteiger partial charge in [0.05, 0.1) is 0 Å². The molecule has 1 aromatic rings. The lowest BCUT2D eigenvalue weighted by atomic mass is 9.96. The van der Waals surface area contributed by atoms with Crippen LogP contribution in [-0.4, -0.2) is 37.5 Å². The summed E-state index contributed by atoms with van der Waals surface area (Å²) in [4.78, 5) is 14.3. The molecule has 1 aliphatic heterocycles. The molecule has 1 aromatic carbocycles. The minimum Gasteiger partial charge on any atom is -0.343 e. The Balaban J connectivity index is 0.00000220. The minimum atomic E-state index is 0. The number of benzene rings is 1. The molecule has 1 saturated heterocycles. The predicted molar refractivity (Wildman–Crippen MR) is 92.9 cm³/mol. The molecule has 5 heteroatoms. The molecular weight excluding hydrogens is 352 g/mol. The van der Waals surface area contributed by atoms with Gasteiger partial charge in [-0.1, -0.05) is 34.1 Å². The summed E-state index contributed by atoms with van der Waals surface area (Å²) in [6, 6.07) is 8.13. The van der Waals surface area contributed by atoms with Crippen LogP contribution < -0.4 is 5.32 Å². The van der Waals surface area contributed by atoms with Gasteiger partial charge in [-0.25, -0.2) is 0 Å². The molecule has 0 spiro atoms. The van der Waals surface area contributed by atoms with Gasteiger partial charge in [-0.2, -0.15) is 0 Å². The van der Waals surface area contributed by atoms with E-state index >= 15 is 0 Å². The molecule has 0 atom stereocenters. The van der Waals surface area contributed by atoms with Gasteiger partial charge in [-0.3, -0.25) is 4.79 Å². The summed E-state index contributed by atoms with van der Waals surface area (Å²) >= 11 is 3.54. The predicted octanol–water partition coefficient (Wildman–Crippen LogP) is 3.26. The molecule has 0 aliphatic carbocycles. The first-order valence-electron chi connectivity index (χ1n) is 7.36. The number of piperidine rings is 1. The van der Waals surface area contributed by atoms with E-state index in [1.54, 1.807) is 0 Å². The zero-order valence-corrected chi connectivity index (χ0v) is 14.9. The fraction of sp³-hybridized carbons (Fsp3) is 0.562. The van der Waals surface area contributed by atoms with Crippen molar-refractivity contribution in [3.8, 4) is 0 Å². The zero-order valence-electron chi connectivity index (χ0n) is 12.5. The number of hydrogen-bond acceptors (Lipinski definition) is 2. The van der Waals surface area contributed by atoms with Crippen LogP contribution in [-0.2, 0) is 11.2 Å². The first kappa shape index (κ1) is 18.5. The largest absolute Gasteiger partial charge is 0.343 e. The second kappa shape index (κ2) is 9.44. The average molecular weight is 376 g/mol. The number of halogens is 2. The Labute approximate surface area is 142 Å². The molecule has 1 fully saturated rings. The summed E-state index contributed by atoms with van der Waals surface area (Å²) in [6.07, 6.45) is 3.68. The van der Waals surface area contributed by atoms with Gasteiger partial charge in [0.25, 0.3) is 0 Å². The summed E-state index contributed by atoms with van der Waals surface area (Å²) in [5.41, 5.74) is 1.21. The monoisotopic (exact) mass is 374 g/mol. The Bertz CT molecular complexity index is 448. The van der Waals surface area contributed by atoms with E-state index in [1.807, 2.05) is 30.1 Å². The topological polar surface area (TPSA) is 32.3 Å².